The van der Waals surface area contributed by atoms with Crippen LogP contribution in [0.4, 0.5) is 4.39 Å². The highest BCUT2D eigenvalue weighted by Crippen LogP contribution is 2.43. The minimum Gasteiger partial charge on any atom is -0.481 e. The fraction of sp³-hybridized carbons (Fsp3) is 0.467. The van der Waals surface area contributed by atoms with Crippen LogP contribution in [0.15, 0.2) is 24.3 Å². The zero-order valence-electron chi connectivity index (χ0n) is 11.0. The second-order valence-electron chi connectivity index (χ2n) is 5.53. The van der Waals surface area contributed by atoms with Gasteiger partial charge in [0.25, 0.3) is 0 Å². The molecule has 2 fully saturated rings. The van der Waals surface area contributed by atoms with Crippen molar-refractivity contribution in [3.8, 4) is 0 Å². The number of nitrogens with zero attached hydrogens (tertiary/aromatic N) is 1. The number of hydrogen-bond acceptors (Lipinski definition) is 2. The zero-order valence-corrected chi connectivity index (χ0v) is 11.0. The molecule has 1 heterocycles. The van der Waals surface area contributed by atoms with E-state index in [4.69, 9.17) is 5.11 Å². The van der Waals surface area contributed by atoms with E-state index in [0.29, 0.717) is 13.0 Å². The number of carbonyl (C=O) groups excluding carboxylic acids is 1. The van der Waals surface area contributed by atoms with Gasteiger partial charge in [0.05, 0.1) is 17.9 Å². The lowest BCUT2D eigenvalue weighted by molar-refractivity contribution is -0.142. The Hall–Kier alpha value is -1.91. The summed E-state index contributed by atoms with van der Waals surface area (Å²) in [7, 11) is 0. The Morgan fingerprint density at radius 3 is 2.75 bits per heavy atom. The first-order valence-corrected chi connectivity index (χ1v) is 6.86. The number of aliphatic carboxylic acids is 1. The van der Waals surface area contributed by atoms with Crippen LogP contribution in [-0.4, -0.2) is 28.4 Å². The van der Waals surface area contributed by atoms with Crippen molar-refractivity contribution in [2.24, 2.45) is 11.8 Å². The molecule has 0 bridgehead atoms. The first-order valence-electron chi connectivity index (χ1n) is 6.86. The van der Waals surface area contributed by atoms with Gasteiger partial charge in [-0.2, -0.15) is 0 Å². The Bertz CT molecular complexity index is 560. The second-order valence-corrected chi connectivity index (χ2v) is 5.53. The van der Waals surface area contributed by atoms with Crippen LogP contribution in [-0.2, 0) is 9.59 Å². The number of carboxylic acid groups (broad SMARTS) is 1. The second kappa shape index (κ2) is 4.89. The summed E-state index contributed by atoms with van der Waals surface area (Å²) >= 11 is 0. The summed E-state index contributed by atoms with van der Waals surface area (Å²) in [5.74, 6) is -2.22. The quantitative estimate of drug-likeness (QED) is 0.921. The average Bonchev–Trinajstić information content (AvgIpc) is 3.07. The van der Waals surface area contributed by atoms with E-state index in [1.54, 1.807) is 11.0 Å². The Morgan fingerprint density at radius 2 is 2.10 bits per heavy atom. The van der Waals surface area contributed by atoms with E-state index < -0.39 is 11.9 Å². The highest BCUT2D eigenvalue weighted by Gasteiger charge is 2.51. The zero-order chi connectivity index (χ0) is 14.3. The van der Waals surface area contributed by atoms with Crippen molar-refractivity contribution in [3.05, 3.63) is 35.6 Å². The molecule has 1 aliphatic heterocycles. The molecule has 1 saturated carbocycles. The molecule has 1 saturated heterocycles. The third-order valence-corrected chi connectivity index (χ3v) is 4.19. The summed E-state index contributed by atoms with van der Waals surface area (Å²) in [6.45, 7) is 0.628. The number of benzene rings is 1. The standard InChI is InChI=1S/C15H16FNO3/c16-10-4-1-3-9(7-10)13-5-2-6-17(13)14(18)11-8-12(11)15(19)20/h1,3-4,7,11-13H,2,5-6,8H2,(H,19,20)/t11-,12-,13-/m1/s1. The number of hydrogen-bond donors (Lipinski definition) is 1. The lowest BCUT2D eigenvalue weighted by Crippen LogP contribution is -2.32. The van der Waals surface area contributed by atoms with Crippen LogP contribution >= 0.6 is 0 Å². The molecule has 106 valence electrons. The third-order valence-electron chi connectivity index (χ3n) is 4.19. The van der Waals surface area contributed by atoms with Gasteiger partial charge < -0.3 is 10.0 Å². The Labute approximate surface area is 116 Å². The van der Waals surface area contributed by atoms with Gasteiger partial charge in [0.1, 0.15) is 5.82 Å². The molecule has 1 aliphatic carbocycles. The predicted molar refractivity (Wildman–Crippen MR) is 69.3 cm³/mol. The molecule has 3 atom stereocenters. The van der Waals surface area contributed by atoms with Crippen molar-refractivity contribution in [2.45, 2.75) is 25.3 Å². The number of carbonyl (C=O) groups is 2. The van der Waals surface area contributed by atoms with E-state index >= 15 is 0 Å². The smallest absolute Gasteiger partial charge is 0.307 e. The first kappa shape index (κ1) is 13.1. The van der Waals surface area contributed by atoms with Crippen LogP contribution in [0.2, 0.25) is 0 Å². The molecule has 1 N–H and O–H groups in total. The minimum atomic E-state index is -0.898. The van der Waals surface area contributed by atoms with E-state index in [0.717, 1.165) is 18.4 Å². The van der Waals surface area contributed by atoms with Crippen molar-refractivity contribution in [1.82, 2.24) is 4.90 Å². The Morgan fingerprint density at radius 1 is 1.30 bits per heavy atom. The van der Waals surface area contributed by atoms with E-state index in [1.807, 2.05) is 6.07 Å². The highest BCUT2D eigenvalue weighted by molar-refractivity contribution is 5.89. The fourth-order valence-corrected chi connectivity index (χ4v) is 3.04. The highest BCUT2D eigenvalue weighted by atomic mass is 19.1. The van der Waals surface area contributed by atoms with Crippen LogP contribution in [0.25, 0.3) is 0 Å². The number of halogens is 1. The number of rotatable bonds is 3. The minimum absolute atomic E-state index is 0.0934. The van der Waals surface area contributed by atoms with Crippen molar-refractivity contribution in [1.29, 1.82) is 0 Å². The van der Waals surface area contributed by atoms with Crippen LogP contribution in [0, 0.1) is 17.7 Å². The normalized spacial score (nSPS) is 28.4. The lowest BCUT2D eigenvalue weighted by Gasteiger charge is -2.25. The molecule has 4 nitrogen and oxygen atoms in total. The Kier molecular flexibility index (Phi) is 3.20. The molecule has 1 aromatic carbocycles. The SMILES string of the molecule is O=C(O)[C@@H]1C[C@H]1C(=O)N1CCC[C@@H]1c1cccc(F)c1. The molecular formula is C15H16FNO3. The van der Waals surface area contributed by atoms with Crippen LogP contribution in [0.5, 0.6) is 0 Å². The van der Waals surface area contributed by atoms with Crippen molar-refractivity contribution >= 4 is 11.9 Å². The lowest BCUT2D eigenvalue weighted by atomic mass is 10.0. The van der Waals surface area contributed by atoms with Gasteiger partial charge in [-0.05, 0) is 37.0 Å². The van der Waals surface area contributed by atoms with Crippen molar-refractivity contribution in [2.75, 3.05) is 6.54 Å². The van der Waals surface area contributed by atoms with Crippen LogP contribution in [0.1, 0.15) is 30.9 Å². The van der Waals surface area contributed by atoms with Crippen LogP contribution in [0.3, 0.4) is 0 Å². The fourth-order valence-electron chi connectivity index (χ4n) is 3.04. The summed E-state index contributed by atoms with van der Waals surface area (Å²) < 4.78 is 13.3. The molecule has 5 heteroatoms. The summed E-state index contributed by atoms with van der Waals surface area (Å²) in [6.07, 6.45) is 2.11. The molecule has 0 radical (unpaired) electrons. The summed E-state index contributed by atoms with van der Waals surface area (Å²) in [5.41, 5.74) is 0.795. The molecule has 3 rings (SSSR count). The van der Waals surface area contributed by atoms with E-state index in [-0.39, 0.29) is 23.7 Å². The largest absolute Gasteiger partial charge is 0.481 e. The topological polar surface area (TPSA) is 57.6 Å². The summed E-state index contributed by atoms with van der Waals surface area (Å²) in [4.78, 5) is 25.0. The van der Waals surface area contributed by atoms with Crippen molar-refractivity contribution < 1.29 is 19.1 Å². The summed E-state index contributed by atoms with van der Waals surface area (Å²) in [6, 6.07) is 6.18. The van der Waals surface area contributed by atoms with Gasteiger partial charge in [0.2, 0.25) is 5.91 Å². The summed E-state index contributed by atoms with van der Waals surface area (Å²) in [5, 5.41) is 8.91. The maximum absolute atomic E-state index is 13.3. The maximum atomic E-state index is 13.3. The van der Waals surface area contributed by atoms with Gasteiger partial charge in [0.15, 0.2) is 0 Å². The van der Waals surface area contributed by atoms with Gasteiger partial charge in [-0.3, -0.25) is 9.59 Å². The van der Waals surface area contributed by atoms with E-state index in [2.05, 4.69) is 0 Å². The monoisotopic (exact) mass is 277 g/mol. The number of carboxylic acids is 1. The van der Waals surface area contributed by atoms with Gasteiger partial charge in [-0.1, -0.05) is 12.1 Å². The molecule has 1 amide bonds. The van der Waals surface area contributed by atoms with Gasteiger partial charge in [-0.25, -0.2) is 4.39 Å². The van der Waals surface area contributed by atoms with Crippen molar-refractivity contribution in [3.63, 3.8) is 0 Å². The molecule has 20 heavy (non-hydrogen) atoms. The predicted octanol–water partition coefficient (Wildman–Crippen LogP) is 2.21. The molecule has 0 unspecified atom stereocenters. The number of amides is 1. The number of likely N-dealkylation sites (tertiary alicyclic amines) is 1. The van der Waals surface area contributed by atoms with E-state index in [9.17, 15) is 14.0 Å². The van der Waals surface area contributed by atoms with Crippen LogP contribution < -0.4 is 0 Å². The van der Waals surface area contributed by atoms with Gasteiger partial charge in [-0.15, -0.1) is 0 Å². The molecule has 0 aromatic heterocycles. The Balaban J connectivity index is 1.76. The maximum Gasteiger partial charge on any atom is 0.307 e. The third kappa shape index (κ3) is 2.28. The average molecular weight is 277 g/mol. The molecule has 2 aliphatic rings. The molecule has 0 spiro atoms. The first-order chi connectivity index (χ1) is 9.58. The molecular weight excluding hydrogens is 261 g/mol. The van der Waals surface area contributed by atoms with E-state index in [1.165, 1.54) is 12.1 Å². The molecule has 1 aromatic rings. The van der Waals surface area contributed by atoms with Gasteiger partial charge >= 0.3 is 5.97 Å². The van der Waals surface area contributed by atoms with Gasteiger partial charge in [0, 0.05) is 6.54 Å².